The van der Waals surface area contributed by atoms with Crippen LogP contribution < -0.4 is 0 Å². The van der Waals surface area contributed by atoms with Crippen LogP contribution in [0.15, 0.2) is 70.5 Å². The van der Waals surface area contributed by atoms with Crippen LogP contribution in [0.5, 0.6) is 0 Å². The summed E-state index contributed by atoms with van der Waals surface area (Å²) in [5, 5.41) is 3.08. The SMILES string of the molecule is CCCCCCCCCc1cc(S(=O)(=O)[O-])c2ccccc2c1CCCCCCCCC.CCCCCCCCCc1cc(S(=O)(=O)[O-])c2ccccc2c1CCCCCCCCC.[Ca+2]. The van der Waals surface area contributed by atoms with E-state index in [1.54, 1.807) is 24.3 Å². The van der Waals surface area contributed by atoms with E-state index < -0.39 is 20.2 Å². The normalized spacial score (nSPS) is 11.8. The van der Waals surface area contributed by atoms with Crippen molar-refractivity contribution in [2.75, 3.05) is 0 Å². The summed E-state index contributed by atoms with van der Waals surface area (Å²) in [7, 11) is -9.00. The molecule has 0 amide bonds. The topological polar surface area (TPSA) is 114 Å². The van der Waals surface area contributed by atoms with Gasteiger partial charge in [0.25, 0.3) is 0 Å². The summed E-state index contributed by atoms with van der Waals surface area (Å²) < 4.78 is 72.1. The molecule has 0 fully saturated rings. The molecular formula is C56H86CaO6S2. The summed E-state index contributed by atoms with van der Waals surface area (Å²) in [4.78, 5) is -0.0938. The summed E-state index contributed by atoms with van der Waals surface area (Å²) in [5.74, 6) is 0. The molecular weight excluding hydrogens is 873 g/mol. The molecule has 0 radical (unpaired) electrons. The Balaban J connectivity index is 0.000000440. The second kappa shape index (κ2) is 34.7. The minimum absolute atomic E-state index is 0. The summed E-state index contributed by atoms with van der Waals surface area (Å²) >= 11 is 0. The average Bonchev–Trinajstić information content (AvgIpc) is 3.27. The van der Waals surface area contributed by atoms with Gasteiger partial charge in [0, 0.05) is 0 Å². The van der Waals surface area contributed by atoms with Gasteiger partial charge in [-0.3, -0.25) is 0 Å². The van der Waals surface area contributed by atoms with Gasteiger partial charge in [-0.1, -0.05) is 230 Å². The number of benzene rings is 4. The fourth-order valence-corrected chi connectivity index (χ4v) is 10.9. The molecule has 0 aliphatic carbocycles. The van der Waals surface area contributed by atoms with Crippen LogP contribution in [0.25, 0.3) is 21.5 Å². The van der Waals surface area contributed by atoms with Crippen molar-refractivity contribution >= 4 is 79.5 Å². The summed E-state index contributed by atoms with van der Waals surface area (Å²) in [6, 6.07) is 18.5. The van der Waals surface area contributed by atoms with Crippen LogP contribution in [-0.4, -0.2) is 63.7 Å². The molecule has 0 aliphatic rings. The maximum Gasteiger partial charge on any atom is 2.00 e. The predicted molar refractivity (Wildman–Crippen MR) is 276 cm³/mol. The molecule has 6 nitrogen and oxygen atoms in total. The van der Waals surface area contributed by atoms with Gasteiger partial charge in [-0.05, 0) is 107 Å². The fraction of sp³-hybridized carbons (Fsp3) is 0.643. The Morgan fingerprint density at radius 3 is 0.831 bits per heavy atom. The van der Waals surface area contributed by atoms with Crippen LogP contribution >= 0.6 is 0 Å². The quantitative estimate of drug-likeness (QED) is 0.0262. The summed E-state index contributed by atoms with van der Waals surface area (Å²) in [5.41, 5.74) is 4.65. The van der Waals surface area contributed by atoms with Crippen molar-refractivity contribution in [2.45, 2.75) is 243 Å². The van der Waals surface area contributed by atoms with Crippen molar-refractivity contribution in [1.82, 2.24) is 0 Å². The molecule has 0 unspecified atom stereocenters. The van der Waals surface area contributed by atoms with Crippen molar-refractivity contribution in [3.05, 3.63) is 82.9 Å². The van der Waals surface area contributed by atoms with E-state index in [-0.39, 0.29) is 47.5 Å². The Hall–Kier alpha value is -1.52. The molecule has 0 atom stereocenters. The molecule has 65 heavy (non-hydrogen) atoms. The zero-order valence-electron chi connectivity index (χ0n) is 41.4. The van der Waals surface area contributed by atoms with Gasteiger partial charge in [-0.15, -0.1) is 0 Å². The van der Waals surface area contributed by atoms with Crippen LogP contribution in [-0.2, 0) is 45.9 Å². The molecule has 360 valence electrons. The van der Waals surface area contributed by atoms with E-state index in [0.29, 0.717) is 10.8 Å². The predicted octanol–water partition coefficient (Wildman–Crippen LogP) is 16.3. The first-order valence-corrected chi connectivity index (χ1v) is 28.8. The second-order valence-electron chi connectivity index (χ2n) is 18.5. The van der Waals surface area contributed by atoms with Crippen LogP contribution in [0.2, 0.25) is 0 Å². The van der Waals surface area contributed by atoms with Gasteiger partial charge in [0.1, 0.15) is 20.2 Å². The molecule has 9 heteroatoms. The van der Waals surface area contributed by atoms with Crippen molar-refractivity contribution in [3.63, 3.8) is 0 Å². The van der Waals surface area contributed by atoms with Gasteiger partial charge in [0.15, 0.2) is 0 Å². The maximum absolute atomic E-state index is 12.0. The number of rotatable bonds is 34. The molecule has 0 aromatic heterocycles. The van der Waals surface area contributed by atoms with Crippen LogP contribution in [0.3, 0.4) is 0 Å². The Labute approximate surface area is 427 Å². The summed E-state index contributed by atoms with van der Waals surface area (Å²) in [6.45, 7) is 8.94. The van der Waals surface area contributed by atoms with Crippen molar-refractivity contribution in [1.29, 1.82) is 0 Å². The first kappa shape index (κ1) is 59.6. The molecule has 4 aromatic rings. The Kier molecular flexibility index (Phi) is 31.8. The molecule has 4 rings (SSSR count). The molecule has 0 bridgehead atoms. The van der Waals surface area contributed by atoms with Crippen molar-refractivity contribution in [3.8, 4) is 0 Å². The van der Waals surface area contributed by atoms with Crippen LogP contribution in [0, 0.1) is 0 Å². The van der Waals surface area contributed by atoms with E-state index >= 15 is 0 Å². The molecule has 4 aromatic carbocycles. The Morgan fingerprint density at radius 2 is 0.569 bits per heavy atom. The number of hydrogen-bond acceptors (Lipinski definition) is 6. The van der Waals surface area contributed by atoms with Crippen LogP contribution in [0.4, 0.5) is 0 Å². The standard InChI is InChI=1S/2C28H44O3S.Ca/c2*1-3-5-7-9-11-13-15-19-24-23-28(32(29,30)31)27-22-18-17-21-26(27)25(24)20-16-14-12-10-8-6-4-2;/h2*17-18,21-23H,3-16,19-20H2,1-2H3,(H,29,30,31);/q;;+2/p-2. The van der Waals surface area contributed by atoms with E-state index in [1.807, 2.05) is 36.4 Å². The van der Waals surface area contributed by atoms with E-state index in [0.717, 1.165) is 86.1 Å². The maximum atomic E-state index is 12.0. The molecule has 0 N–H and O–H groups in total. The van der Waals surface area contributed by atoms with Gasteiger partial charge in [0.05, 0.1) is 9.79 Å². The molecule has 0 saturated carbocycles. The number of aryl methyl sites for hydroxylation is 4. The minimum Gasteiger partial charge on any atom is -0.744 e. The monoisotopic (exact) mass is 959 g/mol. The van der Waals surface area contributed by atoms with Gasteiger partial charge in [-0.25, -0.2) is 16.8 Å². The van der Waals surface area contributed by atoms with E-state index in [2.05, 4.69) is 27.7 Å². The molecule has 0 heterocycles. The van der Waals surface area contributed by atoms with Gasteiger partial charge in [0.2, 0.25) is 0 Å². The molecule has 0 saturated heterocycles. The van der Waals surface area contributed by atoms with E-state index in [4.69, 9.17) is 0 Å². The largest absolute Gasteiger partial charge is 2.00 e. The number of fused-ring (bicyclic) bond motifs is 2. The average molecular weight is 960 g/mol. The Morgan fingerprint density at radius 1 is 0.338 bits per heavy atom. The van der Waals surface area contributed by atoms with E-state index in [9.17, 15) is 25.9 Å². The third-order valence-corrected chi connectivity index (χ3v) is 14.9. The third-order valence-electron chi connectivity index (χ3n) is 13.1. The minimum atomic E-state index is -4.50. The zero-order valence-corrected chi connectivity index (χ0v) is 45.2. The first-order chi connectivity index (χ1) is 31.0. The third kappa shape index (κ3) is 22.6. The van der Waals surface area contributed by atoms with Crippen molar-refractivity contribution < 1.29 is 25.9 Å². The van der Waals surface area contributed by atoms with E-state index in [1.165, 1.54) is 152 Å². The zero-order chi connectivity index (χ0) is 46.5. The van der Waals surface area contributed by atoms with Gasteiger partial charge >= 0.3 is 37.7 Å². The smallest absolute Gasteiger partial charge is 0.744 e. The number of unbranched alkanes of at least 4 members (excludes halogenated alkanes) is 24. The molecule has 0 aliphatic heterocycles. The fourth-order valence-electron chi connectivity index (χ4n) is 9.43. The molecule has 0 spiro atoms. The first-order valence-electron chi connectivity index (χ1n) is 26.0. The Bertz CT molecular complexity index is 1960. The van der Waals surface area contributed by atoms with Crippen molar-refractivity contribution in [2.24, 2.45) is 0 Å². The van der Waals surface area contributed by atoms with Crippen LogP contribution in [0.1, 0.15) is 230 Å². The number of hydrogen-bond donors (Lipinski definition) is 0. The van der Waals surface area contributed by atoms with Gasteiger partial charge in [-0.2, -0.15) is 0 Å². The second-order valence-corrected chi connectivity index (χ2v) is 21.2. The summed E-state index contributed by atoms with van der Waals surface area (Å²) in [6.07, 6.45) is 38.3. The van der Waals surface area contributed by atoms with Gasteiger partial charge < -0.3 is 9.11 Å².